The van der Waals surface area contributed by atoms with Crippen LogP contribution in [-0.2, 0) is 9.59 Å². The van der Waals surface area contributed by atoms with Crippen molar-refractivity contribution < 1.29 is 39.9 Å². The molecule has 0 aliphatic carbocycles. The van der Waals surface area contributed by atoms with Gasteiger partial charge < -0.3 is 41.8 Å². The van der Waals surface area contributed by atoms with Crippen molar-refractivity contribution in [3.8, 4) is 0 Å². The number of amides is 2. The van der Waals surface area contributed by atoms with Crippen LogP contribution in [-0.4, -0.2) is 68.2 Å². The number of aliphatic carboxylic acids is 1. The average molecular weight is 254 g/mol. The monoisotopic (exact) mass is 254 g/mol. The number of carbonyl (C=O) groups excluding carboxylic acids is 2. The average Bonchev–Trinajstić information content (AvgIpc) is 2.23. The highest BCUT2D eigenvalue weighted by atomic mass is 16.4. The molecule has 0 aromatic heterocycles. The van der Waals surface area contributed by atoms with E-state index in [9.17, 15) is 9.59 Å². The second-order valence-electron chi connectivity index (χ2n) is 2.79. The summed E-state index contributed by atoms with van der Waals surface area (Å²) in [7, 11) is 0. The van der Waals surface area contributed by atoms with Gasteiger partial charge in [-0.15, -0.1) is 0 Å². The van der Waals surface area contributed by atoms with Crippen LogP contribution in [0.3, 0.4) is 0 Å². The Bertz CT molecular complexity index is 267. The molecular formula is C7H14N2O8. The van der Waals surface area contributed by atoms with Crippen LogP contribution in [0.4, 0.5) is 4.79 Å². The minimum Gasteiger partial charge on any atom is -0.479 e. The smallest absolute Gasteiger partial charge is 0.335 e. The van der Waals surface area contributed by atoms with Crippen LogP contribution in [0.15, 0.2) is 0 Å². The van der Waals surface area contributed by atoms with Crippen molar-refractivity contribution in [1.29, 1.82) is 0 Å². The van der Waals surface area contributed by atoms with Crippen molar-refractivity contribution >= 4 is 18.3 Å². The van der Waals surface area contributed by atoms with Gasteiger partial charge in [-0.05, 0) is 0 Å². The number of hydrogen-bond acceptors (Lipinski definition) is 7. The zero-order chi connectivity index (χ0) is 14.2. The van der Waals surface area contributed by atoms with Gasteiger partial charge in [-0.25, -0.2) is 9.59 Å². The molecule has 0 bridgehead atoms. The standard InChI is InChI=1S/C6H10O7.CH4N2O/c7-1-2(8)3(9)4(10)5(11)6(12)13;2-1(3)4/h1-5,8-11H,(H,12,13);(H4,2,3,4)/t2-,3+,4-,5-;/m0./s1. The summed E-state index contributed by atoms with van der Waals surface area (Å²) in [5, 5.41) is 43.2. The van der Waals surface area contributed by atoms with Gasteiger partial charge in [-0.2, -0.15) is 0 Å². The first kappa shape index (κ1) is 17.6. The Labute approximate surface area is 95.1 Å². The summed E-state index contributed by atoms with van der Waals surface area (Å²) in [6.07, 6.45) is -8.39. The number of rotatable bonds is 5. The summed E-state index contributed by atoms with van der Waals surface area (Å²) >= 11 is 0. The number of primary amides is 2. The third-order valence-electron chi connectivity index (χ3n) is 1.42. The minimum absolute atomic E-state index is 0.0809. The molecule has 0 aromatic carbocycles. The van der Waals surface area contributed by atoms with E-state index in [-0.39, 0.29) is 6.29 Å². The maximum atomic E-state index is 10.1. The minimum atomic E-state index is -2.25. The summed E-state index contributed by atoms with van der Waals surface area (Å²) in [5.41, 5.74) is 8.50. The Hall–Kier alpha value is -1.75. The molecule has 0 rings (SSSR count). The molecule has 100 valence electrons. The third-order valence-corrected chi connectivity index (χ3v) is 1.42. The molecule has 9 N–H and O–H groups in total. The van der Waals surface area contributed by atoms with Crippen LogP contribution < -0.4 is 11.5 Å². The third kappa shape index (κ3) is 8.10. The highest BCUT2D eigenvalue weighted by molar-refractivity contribution is 5.73. The molecule has 0 heterocycles. The number of aliphatic hydroxyl groups is 4. The molecule has 17 heavy (non-hydrogen) atoms. The molecule has 0 unspecified atom stereocenters. The number of carboxylic acids is 1. The highest BCUT2D eigenvalue weighted by Crippen LogP contribution is 2.03. The number of nitrogens with two attached hydrogens (primary N) is 2. The van der Waals surface area contributed by atoms with Crippen molar-refractivity contribution in [2.24, 2.45) is 11.5 Å². The highest BCUT2D eigenvalue weighted by Gasteiger charge is 2.33. The molecule has 10 nitrogen and oxygen atoms in total. The molecule has 10 heteroatoms. The number of urea groups is 1. The largest absolute Gasteiger partial charge is 0.479 e. The lowest BCUT2D eigenvalue weighted by atomic mass is 10.0. The second kappa shape index (κ2) is 8.41. The molecule has 0 fully saturated rings. The van der Waals surface area contributed by atoms with Gasteiger partial charge in [0.2, 0.25) is 0 Å². The fourth-order valence-electron chi connectivity index (χ4n) is 0.615. The van der Waals surface area contributed by atoms with Gasteiger partial charge in [0, 0.05) is 0 Å². The predicted molar refractivity (Wildman–Crippen MR) is 51.5 cm³/mol. The van der Waals surface area contributed by atoms with Gasteiger partial charge >= 0.3 is 12.0 Å². The van der Waals surface area contributed by atoms with Gasteiger partial charge in [0.25, 0.3) is 0 Å². The van der Waals surface area contributed by atoms with Crippen molar-refractivity contribution in [2.75, 3.05) is 0 Å². The number of aliphatic hydroxyl groups excluding tert-OH is 4. The molecule has 0 aliphatic heterocycles. The molecular weight excluding hydrogens is 240 g/mol. The van der Waals surface area contributed by atoms with Crippen LogP contribution in [0.2, 0.25) is 0 Å². The first-order valence-corrected chi connectivity index (χ1v) is 4.10. The first-order chi connectivity index (χ1) is 7.64. The van der Waals surface area contributed by atoms with Gasteiger partial charge in [0.15, 0.2) is 12.4 Å². The Morgan fingerprint density at radius 2 is 1.35 bits per heavy atom. The maximum Gasteiger partial charge on any atom is 0.335 e. The fourth-order valence-corrected chi connectivity index (χ4v) is 0.615. The van der Waals surface area contributed by atoms with E-state index in [1.807, 2.05) is 0 Å². The normalized spacial score (nSPS) is 16.7. The van der Waals surface area contributed by atoms with E-state index in [0.29, 0.717) is 0 Å². The van der Waals surface area contributed by atoms with Crippen molar-refractivity contribution in [3.63, 3.8) is 0 Å². The van der Waals surface area contributed by atoms with Crippen molar-refractivity contribution in [2.45, 2.75) is 24.4 Å². The van der Waals surface area contributed by atoms with Crippen LogP contribution in [0.5, 0.6) is 0 Å². The van der Waals surface area contributed by atoms with E-state index >= 15 is 0 Å². The van der Waals surface area contributed by atoms with E-state index in [1.54, 1.807) is 0 Å². The maximum absolute atomic E-state index is 10.1. The van der Waals surface area contributed by atoms with E-state index in [4.69, 9.17) is 30.3 Å². The summed E-state index contributed by atoms with van der Waals surface area (Å²) in [5.74, 6) is -1.76. The number of carbonyl (C=O) groups is 3. The van der Waals surface area contributed by atoms with Crippen LogP contribution in [0.25, 0.3) is 0 Å². The topological polar surface area (TPSA) is 204 Å². The Morgan fingerprint density at radius 3 is 1.59 bits per heavy atom. The molecule has 0 saturated carbocycles. The second-order valence-corrected chi connectivity index (χ2v) is 2.79. The fraction of sp³-hybridized carbons (Fsp3) is 0.571. The van der Waals surface area contributed by atoms with Crippen LogP contribution >= 0.6 is 0 Å². The number of carboxylic acid groups (broad SMARTS) is 1. The first-order valence-electron chi connectivity index (χ1n) is 4.10. The molecule has 0 radical (unpaired) electrons. The lowest BCUT2D eigenvalue weighted by Gasteiger charge is -2.21. The lowest BCUT2D eigenvalue weighted by Crippen LogP contribution is -2.48. The Morgan fingerprint density at radius 1 is 1.00 bits per heavy atom. The van der Waals surface area contributed by atoms with E-state index in [2.05, 4.69) is 11.5 Å². The summed E-state index contributed by atoms with van der Waals surface area (Å²) in [6, 6.07) is -0.833. The van der Waals surface area contributed by atoms with Crippen molar-refractivity contribution in [1.82, 2.24) is 0 Å². The quantitative estimate of drug-likeness (QED) is 0.238. The number of hydrogen-bond donors (Lipinski definition) is 7. The van der Waals surface area contributed by atoms with Gasteiger partial charge in [0.05, 0.1) is 0 Å². The molecule has 0 aliphatic rings. The van der Waals surface area contributed by atoms with Crippen LogP contribution in [0, 0.1) is 0 Å². The van der Waals surface area contributed by atoms with Crippen molar-refractivity contribution in [3.05, 3.63) is 0 Å². The summed E-state index contributed by atoms with van der Waals surface area (Å²) < 4.78 is 0. The molecule has 0 saturated heterocycles. The van der Waals surface area contributed by atoms with Gasteiger partial charge in [-0.1, -0.05) is 0 Å². The Kier molecular flexibility index (Phi) is 8.72. The molecule has 2 amide bonds. The van der Waals surface area contributed by atoms with Crippen LogP contribution in [0.1, 0.15) is 0 Å². The number of aldehydes is 1. The van der Waals surface area contributed by atoms with E-state index in [0.717, 1.165) is 0 Å². The Balaban J connectivity index is 0. The van der Waals surface area contributed by atoms with E-state index < -0.39 is 36.4 Å². The molecule has 4 atom stereocenters. The zero-order valence-corrected chi connectivity index (χ0v) is 8.50. The zero-order valence-electron chi connectivity index (χ0n) is 8.50. The molecule has 0 aromatic rings. The van der Waals surface area contributed by atoms with E-state index in [1.165, 1.54) is 0 Å². The van der Waals surface area contributed by atoms with Gasteiger partial charge in [-0.3, -0.25) is 0 Å². The van der Waals surface area contributed by atoms with Gasteiger partial charge in [0.1, 0.15) is 18.3 Å². The molecule has 0 spiro atoms. The predicted octanol–water partition coefficient (Wildman–Crippen LogP) is -4.26. The SMILES string of the molecule is NC(N)=O.O=C[C@H](O)[C@@H](O)[C@H](O)[C@H](O)C(=O)O. The summed E-state index contributed by atoms with van der Waals surface area (Å²) in [6.45, 7) is 0. The summed E-state index contributed by atoms with van der Waals surface area (Å²) in [4.78, 5) is 29.0. The lowest BCUT2D eigenvalue weighted by molar-refractivity contribution is -0.163.